The number of aromatic nitrogens is 2. The van der Waals surface area contributed by atoms with Gasteiger partial charge in [0, 0.05) is 31.6 Å². The molecule has 1 aromatic heterocycles. The van der Waals surface area contributed by atoms with Crippen LogP contribution in [-0.2, 0) is 15.7 Å². The highest BCUT2D eigenvalue weighted by Crippen LogP contribution is 2.41. The molecule has 6 nitrogen and oxygen atoms in total. The van der Waals surface area contributed by atoms with Crippen molar-refractivity contribution < 1.29 is 22.7 Å². The summed E-state index contributed by atoms with van der Waals surface area (Å²) < 4.78 is 44.8. The lowest BCUT2D eigenvalue weighted by atomic mass is 9.73. The Balaban J connectivity index is 1.24. The monoisotopic (exact) mass is 426 g/mol. The van der Waals surface area contributed by atoms with E-state index in [0.29, 0.717) is 32.1 Å². The molecule has 3 fully saturated rings. The highest BCUT2D eigenvalue weighted by molar-refractivity contribution is 5.78. The molecular weight excluding hydrogens is 397 g/mol. The second kappa shape index (κ2) is 8.69. The minimum atomic E-state index is -4.46. The van der Waals surface area contributed by atoms with Crippen molar-refractivity contribution in [1.29, 1.82) is 0 Å². The normalized spacial score (nSPS) is 24.9. The molecule has 1 aliphatic carbocycles. The third-order valence-electron chi connectivity index (χ3n) is 6.94. The first kappa shape index (κ1) is 21.3. The lowest BCUT2D eigenvalue weighted by Crippen LogP contribution is -2.48. The van der Waals surface area contributed by atoms with Crippen LogP contribution in [0.5, 0.6) is 0 Å². The summed E-state index contributed by atoms with van der Waals surface area (Å²) in [6.07, 6.45) is 4.48. The molecule has 1 aromatic rings. The average Bonchev–Trinajstić information content (AvgIpc) is 3.28. The highest BCUT2D eigenvalue weighted by Gasteiger charge is 2.40. The SMILES string of the molecule is O=C(NCC1CCC2(CCN(c3cc(C(F)(F)F)ncn3)CC2)CO1)C1CCCC1. The number of ether oxygens (including phenoxy) is 1. The molecule has 1 N–H and O–H groups in total. The van der Waals surface area contributed by atoms with Crippen molar-refractivity contribution in [2.45, 2.75) is 63.6 Å². The standard InChI is InChI=1S/C21H29F3N4O2/c22-21(23,24)17-11-18(27-14-26-17)28-9-7-20(8-10-28)6-5-16(30-13-20)12-25-19(29)15-3-1-2-4-15/h11,14-16H,1-10,12-13H2,(H,25,29). The van der Waals surface area contributed by atoms with Crippen molar-refractivity contribution in [3.8, 4) is 0 Å². The lowest BCUT2D eigenvalue weighted by Gasteiger charge is -2.46. The molecule has 1 spiro atoms. The van der Waals surface area contributed by atoms with Crippen molar-refractivity contribution >= 4 is 11.7 Å². The van der Waals surface area contributed by atoms with Crippen LogP contribution >= 0.6 is 0 Å². The fraction of sp³-hybridized carbons (Fsp3) is 0.762. The Hall–Kier alpha value is -1.90. The number of piperidine rings is 1. The average molecular weight is 426 g/mol. The number of nitrogens with zero attached hydrogens (tertiary/aromatic N) is 3. The molecule has 0 aromatic carbocycles. The van der Waals surface area contributed by atoms with Crippen LogP contribution in [0.2, 0.25) is 0 Å². The van der Waals surface area contributed by atoms with Crippen LogP contribution in [0.4, 0.5) is 19.0 Å². The summed E-state index contributed by atoms with van der Waals surface area (Å²) in [6, 6.07) is 1.03. The fourth-order valence-corrected chi connectivity index (χ4v) is 4.90. The van der Waals surface area contributed by atoms with Gasteiger partial charge in [0.25, 0.3) is 0 Å². The minimum absolute atomic E-state index is 0.0511. The molecule has 30 heavy (non-hydrogen) atoms. The third-order valence-corrected chi connectivity index (χ3v) is 6.94. The zero-order valence-corrected chi connectivity index (χ0v) is 17.1. The van der Waals surface area contributed by atoms with Crippen molar-refractivity contribution in [1.82, 2.24) is 15.3 Å². The van der Waals surface area contributed by atoms with Crippen LogP contribution in [-0.4, -0.2) is 48.2 Å². The summed E-state index contributed by atoms with van der Waals surface area (Å²) in [5, 5.41) is 3.05. The van der Waals surface area contributed by atoms with Crippen LogP contribution in [0.3, 0.4) is 0 Å². The van der Waals surface area contributed by atoms with Crippen molar-refractivity contribution in [2.75, 3.05) is 31.1 Å². The summed E-state index contributed by atoms with van der Waals surface area (Å²) in [5.41, 5.74) is -0.834. The van der Waals surface area contributed by atoms with Crippen LogP contribution in [0.25, 0.3) is 0 Å². The van der Waals surface area contributed by atoms with Gasteiger partial charge in [-0.2, -0.15) is 13.2 Å². The Bertz CT molecular complexity index is 734. The van der Waals surface area contributed by atoms with Crippen LogP contribution in [0.1, 0.15) is 57.1 Å². The first-order valence-corrected chi connectivity index (χ1v) is 10.9. The van der Waals surface area contributed by atoms with Crippen molar-refractivity contribution in [3.05, 3.63) is 18.1 Å². The number of carbonyl (C=O) groups excluding carboxylic acids is 1. The summed E-state index contributed by atoms with van der Waals surface area (Å²) in [5.74, 6) is 0.660. The topological polar surface area (TPSA) is 67.4 Å². The maximum absolute atomic E-state index is 12.9. The predicted molar refractivity (Wildman–Crippen MR) is 105 cm³/mol. The van der Waals surface area contributed by atoms with Gasteiger partial charge in [0.15, 0.2) is 0 Å². The van der Waals surface area contributed by atoms with E-state index in [1.54, 1.807) is 0 Å². The van der Waals surface area contributed by atoms with E-state index in [1.807, 2.05) is 4.90 Å². The van der Waals surface area contributed by atoms with E-state index in [0.717, 1.165) is 63.8 Å². The van der Waals surface area contributed by atoms with E-state index < -0.39 is 11.9 Å². The van der Waals surface area contributed by atoms with Gasteiger partial charge in [-0.3, -0.25) is 4.79 Å². The zero-order chi connectivity index (χ0) is 21.2. The Morgan fingerprint density at radius 3 is 2.53 bits per heavy atom. The van der Waals surface area contributed by atoms with Gasteiger partial charge in [0.1, 0.15) is 17.8 Å². The number of hydrogen-bond acceptors (Lipinski definition) is 5. The molecule has 1 atom stereocenters. The maximum Gasteiger partial charge on any atom is 0.433 e. The first-order valence-electron chi connectivity index (χ1n) is 10.9. The van der Waals surface area contributed by atoms with Gasteiger partial charge in [0.05, 0.1) is 12.7 Å². The van der Waals surface area contributed by atoms with Gasteiger partial charge < -0.3 is 15.0 Å². The quantitative estimate of drug-likeness (QED) is 0.797. The van der Waals surface area contributed by atoms with Crippen molar-refractivity contribution in [2.24, 2.45) is 11.3 Å². The first-order chi connectivity index (χ1) is 14.3. The second-order valence-electron chi connectivity index (χ2n) is 8.94. The number of hydrogen-bond donors (Lipinski definition) is 1. The van der Waals surface area contributed by atoms with Gasteiger partial charge in [-0.05, 0) is 43.9 Å². The fourth-order valence-electron chi connectivity index (χ4n) is 4.90. The van der Waals surface area contributed by atoms with Crippen LogP contribution in [0.15, 0.2) is 12.4 Å². The summed E-state index contributed by atoms with van der Waals surface area (Å²) in [7, 11) is 0. The number of carbonyl (C=O) groups is 1. The molecule has 0 bridgehead atoms. The van der Waals surface area contributed by atoms with E-state index in [9.17, 15) is 18.0 Å². The van der Waals surface area contributed by atoms with E-state index in [1.165, 1.54) is 0 Å². The molecule has 3 heterocycles. The van der Waals surface area contributed by atoms with E-state index in [-0.39, 0.29) is 23.3 Å². The van der Waals surface area contributed by atoms with Crippen molar-refractivity contribution in [3.63, 3.8) is 0 Å². The Morgan fingerprint density at radius 1 is 1.17 bits per heavy atom. The second-order valence-corrected chi connectivity index (χ2v) is 8.94. The van der Waals surface area contributed by atoms with Gasteiger partial charge in [-0.25, -0.2) is 9.97 Å². The summed E-state index contributed by atoms with van der Waals surface area (Å²) in [6.45, 7) is 2.52. The Labute approximate surface area is 174 Å². The Kier molecular flexibility index (Phi) is 6.18. The molecule has 1 saturated carbocycles. The number of amides is 1. The molecular formula is C21H29F3N4O2. The van der Waals surface area contributed by atoms with E-state index in [2.05, 4.69) is 15.3 Å². The molecule has 1 unspecified atom stereocenters. The smallest absolute Gasteiger partial charge is 0.376 e. The number of anilines is 1. The maximum atomic E-state index is 12.9. The number of rotatable bonds is 4. The molecule has 2 aliphatic heterocycles. The van der Waals surface area contributed by atoms with Gasteiger partial charge in [0.2, 0.25) is 5.91 Å². The molecule has 3 aliphatic rings. The molecule has 9 heteroatoms. The minimum Gasteiger partial charge on any atom is -0.376 e. The lowest BCUT2D eigenvalue weighted by molar-refractivity contribution is -0.141. The van der Waals surface area contributed by atoms with Gasteiger partial charge >= 0.3 is 6.18 Å². The molecule has 0 radical (unpaired) electrons. The largest absolute Gasteiger partial charge is 0.433 e. The van der Waals surface area contributed by atoms with Crippen LogP contribution in [0, 0.1) is 11.3 Å². The molecule has 2 saturated heterocycles. The highest BCUT2D eigenvalue weighted by atomic mass is 19.4. The number of halogens is 3. The molecule has 166 valence electrons. The predicted octanol–water partition coefficient (Wildman–Crippen LogP) is 3.57. The molecule has 1 amide bonds. The van der Waals surface area contributed by atoms with E-state index >= 15 is 0 Å². The number of alkyl halides is 3. The number of nitrogens with one attached hydrogen (secondary N) is 1. The third kappa shape index (κ3) is 4.87. The van der Waals surface area contributed by atoms with Gasteiger partial charge in [-0.15, -0.1) is 0 Å². The van der Waals surface area contributed by atoms with Crippen LogP contribution < -0.4 is 10.2 Å². The van der Waals surface area contributed by atoms with E-state index in [4.69, 9.17) is 4.74 Å². The van der Waals surface area contributed by atoms with Gasteiger partial charge in [-0.1, -0.05) is 12.8 Å². The summed E-state index contributed by atoms with van der Waals surface area (Å²) >= 11 is 0. The Morgan fingerprint density at radius 2 is 1.90 bits per heavy atom. The summed E-state index contributed by atoms with van der Waals surface area (Å²) in [4.78, 5) is 21.5. The zero-order valence-electron chi connectivity index (χ0n) is 17.1. The molecule has 4 rings (SSSR count).